The minimum absolute atomic E-state index is 0.397. The van der Waals surface area contributed by atoms with Gasteiger partial charge in [-0.1, -0.05) is 19.1 Å². The van der Waals surface area contributed by atoms with E-state index >= 15 is 0 Å². The van der Waals surface area contributed by atoms with Crippen molar-refractivity contribution in [2.45, 2.75) is 39.3 Å². The Bertz CT molecular complexity index is 513. The Kier molecular flexibility index (Phi) is 6.16. The van der Waals surface area contributed by atoms with Crippen LogP contribution in [0.25, 0.3) is 0 Å². The minimum Gasteiger partial charge on any atom is -0.486 e. The molecule has 2 aromatic rings. The molecule has 21 heavy (non-hydrogen) atoms. The zero-order chi connectivity index (χ0) is 14.9. The van der Waals surface area contributed by atoms with Crippen molar-refractivity contribution in [3.05, 3.63) is 54.1 Å². The highest BCUT2D eigenvalue weighted by molar-refractivity contribution is 5.27. The molecule has 1 aromatic heterocycles. The van der Waals surface area contributed by atoms with Crippen molar-refractivity contribution in [1.82, 2.24) is 15.3 Å². The fourth-order valence-corrected chi connectivity index (χ4v) is 2.09. The highest BCUT2D eigenvalue weighted by Gasteiger charge is 2.03. The first kappa shape index (κ1) is 15.4. The molecule has 0 aliphatic carbocycles. The van der Waals surface area contributed by atoms with E-state index in [9.17, 15) is 0 Å². The summed E-state index contributed by atoms with van der Waals surface area (Å²) < 4.78 is 5.68. The third-order valence-electron chi connectivity index (χ3n) is 3.20. The topological polar surface area (TPSA) is 47.0 Å². The summed E-state index contributed by atoms with van der Waals surface area (Å²) in [5.41, 5.74) is 1.31. The maximum atomic E-state index is 5.68. The molecular formula is C17H23N3O. The van der Waals surface area contributed by atoms with E-state index in [2.05, 4.69) is 41.3 Å². The van der Waals surface area contributed by atoms with Crippen LogP contribution in [0, 0.1) is 0 Å². The van der Waals surface area contributed by atoms with Gasteiger partial charge in [-0.2, -0.15) is 0 Å². The highest BCUT2D eigenvalue weighted by Crippen LogP contribution is 2.14. The Balaban J connectivity index is 1.81. The van der Waals surface area contributed by atoms with Crippen molar-refractivity contribution in [1.29, 1.82) is 0 Å². The molecule has 0 fully saturated rings. The number of ether oxygens (including phenoxy) is 1. The lowest BCUT2D eigenvalue weighted by Crippen LogP contribution is -2.28. The van der Waals surface area contributed by atoms with Gasteiger partial charge in [0, 0.05) is 18.4 Å². The third-order valence-corrected chi connectivity index (χ3v) is 3.20. The van der Waals surface area contributed by atoms with Gasteiger partial charge in [0.2, 0.25) is 0 Å². The number of hydrogen-bond acceptors (Lipinski definition) is 4. The molecule has 1 unspecified atom stereocenters. The van der Waals surface area contributed by atoms with Gasteiger partial charge in [0.25, 0.3) is 0 Å². The van der Waals surface area contributed by atoms with Crippen molar-refractivity contribution >= 4 is 0 Å². The number of aromatic nitrogens is 2. The summed E-state index contributed by atoms with van der Waals surface area (Å²) in [6.07, 6.45) is 5.64. The van der Waals surface area contributed by atoms with Gasteiger partial charge in [0.1, 0.15) is 12.4 Å². The number of hydrogen-bond donors (Lipinski definition) is 1. The maximum Gasteiger partial charge on any atom is 0.166 e. The van der Waals surface area contributed by atoms with Crippen molar-refractivity contribution in [2.24, 2.45) is 0 Å². The average Bonchev–Trinajstić information content (AvgIpc) is 2.53. The smallest absolute Gasteiger partial charge is 0.166 e. The number of rotatable bonds is 8. The van der Waals surface area contributed by atoms with Crippen LogP contribution >= 0.6 is 0 Å². The Hall–Kier alpha value is -1.94. The van der Waals surface area contributed by atoms with Gasteiger partial charge in [-0.25, -0.2) is 9.97 Å². The number of nitrogens with zero attached hydrogens (tertiary/aromatic N) is 2. The second kappa shape index (κ2) is 8.37. The van der Waals surface area contributed by atoms with Crippen molar-refractivity contribution in [2.75, 3.05) is 6.54 Å². The standard InChI is InChI=1S/C17H23N3O/c1-3-9-18-14(2)12-15-5-7-16(8-6-15)21-13-17-19-10-4-11-20-17/h4-8,10-11,14,18H,3,9,12-13H2,1-2H3. The van der Waals surface area contributed by atoms with Crippen molar-refractivity contribution in [3.63, 3.8) is 0 Å². The molecule has 1 atom stereocenters. The lowest BCUT2D eigenvalue weighted by molar-refractivity contribution is 0.295. The largest absolute Gasteiger partial charge is 0.486 e. The zero-order valence-corrected chi connectivity index (χ0v) is 12.7. The van der Waals surface area contributed by atoms with Crippen LogP contribution in [0.1, 0.15) is 31.7 Å². The molecule has 0 aliphatic heterocycles. The molecule has 4 nitrogen and oxygen atoms in total. The molecule has 0 amide bonds. The summed E-state index contributed by atoms with van der Waals surface area (Å²) in [4.78, 5) is 8.27. The van der Waals surface area contributed by atoms with E-state index in [0.29, 0.717) is 18.5 Å². The third kappa shape index (κ3) is 5.52. The average molecular weight is 285 g/mol. The predicted octanol–water partition coefficient (Wildman–Crippen LogP) is 2.99. The first-order chi connectivity index (χ1) is 10.3. The van der Waals surface area contributed by atoms with E-state index in [1.807, 2.05) is 12.1 Å². The van der Waals surface area contributed by atoms with Gasteiger partial charge < -0.3 is 10.1 Å². The normalized spacial score (nSPS) is 12.1. The first-order valence-electron chi connectivity index (χ1n) is 7.49. The summed E-state index contributed by atoms with van der Waals surface area (Å²) in [6.45, 7) is 5.86. The molecule has 4 heteroatoms. The molecule has 1 N–H and O–H groups in total. The molecule has 0 saturated heterocycles. The molecular weight excluding hydrogens is 262 g/mol. The zero-order valence-electron chi connectivity index (χ0n) is 12.7. The molecule has 0 radical (unpaired) electrons. The van der Waals surface area contributed by atoms with Crippen LogP contribution in [0.5, 0.6) is 5.75 Å². The van der Waals surface area contributed by atoms with Gasteiger partial charge >= 0.3 is 0 Å². The fraction of sp³-hybridized carbons (Fsp3) is 0.412. The molecule has 0 spiro atoms. The lowest BCUT2D eigenvalue weighted by Gasteiger charge is -2.13. The Labute approximate surface area is 126 Å². The van der Waals surface area contributed by atoms with Gasteiger partial charge in [0.05, 0.1) is 0 Å². The van der Waals surface area contributed by atoms with E-state index in [-0.39, 0.29) is 0 Å². The van der Waals surface area contributed by atoms with Crippen LogP contribution in [0.15, 0.2) is 42.7 Å². The lowest BCUT2D eigenvalue weighted by atomic mass is 10.1. The van der Waals surface area contributed by atoms with Crippen molar-refractivity contribution < 1.29 is 4.74 Å². The van der Waals surface area contributed by atoms with E-state index in [4.69, 9.17) is 4.74 Å². The van der Waals surface area contributed by atoms with Crippen LogP contribution in [-0.2, 0) is 13.0 Å². The Morgan fingerprint density at radius 3 is 2.52 bits per heavy atom. The summed E-state index contributed by atoms with van der Waals surface area (Å²) in [6, 6.07) is 10.5. The Morgan fingerprint density at radius 2 is 1.86 bits per heavy atom. The van der Waals surface area contributed by atoms with Gasteiger partial charge in [0.15, 0.2) is 5.82 Å². The minimum atomic E-state index is 0.397. The molecule has 1 aromatic carbocycles. The van der Waals surface area contributed by atoms with Crippen LogP contribution in [0.4, 0.5) is 0 Å². The number of benzene rings is 1. The van der Waals surface area contributed by atoms with Gasteiger partial charge in [-0.15, -0.1) is 0 Å². The fourth-order valence-electron chi connectivity index (χ4n) is 2.09. The van der Waals surface area contributed by atoms with Crippen LogP contribution in [0.2, 0.25) is 0 Å². The Morgan fingerprint density at radius 1 is 1.14 bits per heavy atom. The number of nitrogens with one attached hydrogen (secondary N) is 1. The first-order valence-corrected chi connectivity index (χ1v) is 7.49. The summed E-state index contributed by atoms with van der Waals surface area (Å²) in [5.74, 6) is 1.54. The SMILES string of the molecule is CCCNC(C)Cc1ccc(OCc2ncccn2)cc1. The molecule has 1 heterocycles. The van der Waals surface area contributed by atoms with E-state index in [1.54, 1.807) is 18.5 Å². The summed E-state index contributed by atoms with van der Waals surface area (Å²) >= 11 is 0. The monoisotopic (exact) mass is 285 g/mol. The molecule has 112 valence electrons. The van der Waals surface area contributed by atoms with Crippen LogP contribution in [0.3, 0.4) is 0 Å². The van der Waals surface area contributed by atoms with Crippen molar-refractivity contribution in [3.8, 4) is 5.75 Å². The molecule has 0 bridgehead atoms. The summed E-state index contributed by atoms with van der Waals surface area (Å²) in [7, 11) is 0. The van der Waals surface area contributed by atoms with Crippen LogP contribution < -0.4 is 10.1 Å². The predicted molar refractivity (Wildman–Crippen MR) is 84.3 cm³/mol. The molecule has 0 aliphatic rings. The van der Waals surface area contributed by atoms with Crippen LogP contribution in [-0.4, -0.2) is 22.6 Å². The van der Waals surface area contributed by atoms with E-state index in [0.717, 1.165) is 18.7 Å². The maximum absolute atomic E-state index is 5.68. The summed E-state index contributed by atoms with van der Waals surface area (Å²) in [5, 5.41) is 3.49. The second-order valence-electron chi connectivity index (χ2n) is 5.16. The second-order valence-corrected chi connectivity index (χ2v) is 5.16. The van der Waals surface area contributed by atoms with Gasteiger partial charge in [-0.05, 0) is 50.1 Å². The quantitative estimate of drug-likeness (QED) is 0.810. The molecule has 0 saturated carbocycles. The van der Waals surface area contributed by atoms with Gasteiger partial charge in [-0.3, -0.25) is 0 Å². The highest BCUT2D eigenvalue weighted by atomic mass is 16.5. The van der Waals surface area contributed by atoms with E-state index in [1.165, 1.54) is 12.0 Å². The molecule has 2 rings (SSSR count). The van der Waals surface area contributed by atoms with E-state index < -0.39 is 0 Å².